The van der Waals surface area contributed by atoms with Crippen LogP contribution in [0.1, 0.15) is 16.8 Å². The number of aromatic nitrogens is 2. The number of amides is 1. The minimum Gasteiger partial charge on any atom is -0.483 e. The van der Waals surface area contributed by atoms with Gasteiger partial charge in [0, 0.05) is 6.20 Å². The van der Waals surface area contributed by atoms with Crippen LogP contribution in [-0.2, 0) is 11.3 Å². The van der Waals surface area contributed by atoms with Crippen LogP contribution >= 0.6 is 0 Å². The van der Waals surface area contributed by atoms with Crippen molar-refractivity contribution >= 4 is 5.91 Å². The summed E-state index contributed by atoms with van der Waals surface area (Å²) in [5.74, 6) is 0.590. The van der Waals surface area contributed by atoms with Crippen LogP contribution in [0.3, 0.4) is 0 Å². The number of aryl methyl sites for hydroxylation is 2. The molecule has 1 aromatic carbocycles. The smallest absolute Gasteiger partial charge is 0.258 e. The molecule has 5 heteroatoms. The van der Waals surface area contributed by atoms with Gasteiger partial charge in [-0.15, -0.1) is 0 Å². The van der Waals surface area contributed by atoms with Crippen molar-refractivity contribution < 1.29 is 9.53 Å². The lowest BCUT2D eigenvalue weighted by molar-refractivity contribution is -0.123. The molecule has 19 heavy (non-hydrogen) atoms. The Morgan fingerprint density at radius 2 is 2.21 bits per heavy atom. The van der Waals surface area contributed by atoms with Crippen LogP contribution in [0.25, 0.3) is 0 Å². The molecule has 0 fully saturated rings. The maximum absolute atomic E-state index is 11.6. The van der Waals surface area contributed by atoms with E-state index in [-0.39, 0.29) is 12.5 Å². The monoisotopic (exact) mass is 259 g/mol. The molecule has 0 bridgehead atoms. The van der Waals surface area contributed by atoms with E-state index in [1.165, 1.54) is 0 Å². The van der Waals surface area contributed by atoms with Gasteiger partial charge >= 0.3 is 0 Å². The maximum atomic E-state index is 11.6. The van der Waals surface area contributed by atoms with Gasteiger partial charge < -0.3 is 10.1 Å². The molecule has 0 aliphatic heterocycles. The predicted octanol–water partition coefficient (Wildman–Crippen LogP) is 1.72. The van der Waals surface area contributed by atoms with E-state index in [2.05, 4.69) is 15.5 Å². The standard InChI is InChI=1S/C14H17N3O2/c1-10-3-4-11(2)13(7-10)19-9-14(18)15-8-12-5-6-16-17-12/h3-7H,8-9H2,1-2H3,(H,15,18)(H,16,17). The molecule has 0 spiro atoms. The van der Waals surface area contributed by atoms with Gasteiger partial charge in [-0.25, -0.2) is 0 Å². The summed E-state index contributed by atoms with van der Waals surface area (Å²) < 4.78 is 5.51. The van der Waals surface area contributed by atoms with Crippen LogP contribution in [0.4, 0.5) is 0 Å². The van der Waals surface area contributed by atoms with Crippen molar-refractivity contribution in [1.82, 2.24) is 15.5 Å². The summed E-state index contributed by atoms with van der Waals surface area (Å²) in [6.07, 6.45) is 1.65. The number of benzene rings is 1. The molecule has 0 saturated heterocycles. The fourth-order valence-corrected chi connectivity index (χ4v) is 1.63. The SMILES string of the molecule is Cc1ccc(C)c(OCC(=O)NCc2ccn[nH]2)c1. The van der Waals surface area contributed by atoms with Crippen molar-refractivity contribution in [3.05, 3.63) is 47.3 Å². The van der Waals surface area contributed by atoms with Crippen molar-refractivity contribution in [2.75, 3.05) is 6.61 Å². The third kappa shape index (κ3) is 3.84. The molecule has 0 unspecified atom stereocenters. The highest BCUT2D eigenvalue weighted by Crippen LogP contribution is 2.18. The highest BCUT2D eigenvalue weighted by molar-refractivity contribution is 5.77. The second-order valence-electron chi connectivity index (χ2n) is 4.42. The van der Waals surface area contributed by atoms with Crippen LogP contribution in [-0.4, -0.2) is 22.7 Å². The van der Waals surface area contributed by atoms with Crippen molar-refractivity contribution in [2.24, 2.45) is 0 Å². The molecule has 0 radical (unpaired) electrons. The lowest BCUT2D eigenvalue weighted by atomic mass is 10.1. The molecule has 0 atom stereocenters. The normalized spacial score (nSPS) is 10.2. The molecular formula is C14H17N3O2. The fourth-order valence-electron chi connectivity index (χ4n) is 1.63. The second-order valence-corrected chi connectivity index (χ2v) is 4.42. The number of nitrogens with zero attached hydrogens (tertiary/aromatic N) is 1. The first kappa shape index (κ1) is 13.1. The summed E-state index contributed by atoms with van der Waals surface area (Å²) in [7, 11) is 0. The van der Waals surface area contributed by atoms with Gasteiger partial charge in [0.2, 0.25) is 0 Å². The summed E-state index contributed by atoms with van der Waals surface area (Å²) >= 11 is 0. The van der Waals surface area contributed by atoms with Crippen LogP contribution in [0, 0.1) is 13.8 Å². The number of hydrogen-bond donors (Lipinski definition) is 2. The van der Waals surface area contributed by atoms with E-state index in [0.29, 0.717) is 6.54 Å². The number of rotatable bonds is 5. The summed E-state index contributed by atoms with van der Waals surface area (Å²) in [6.45, 7) is 4.38. The second kappa shape index (κ2) is 6.04. The van der Waals surface area contributed by atoms with Gasteiger partial charge in [0.1, 0.15) is 5.75 Å². The first-order chi connectivity index (χ1) is 9.15. The van der Waals surface area contributed by atoms with Gasteiger partial charge in [0.15, 0.2) is 6.61 Å². The van der Waals surface area contributed by atoms with E-state index >= 15 is 0 Å². The maximum Gasteiger partial charge on any atom is 0.258 e. The molecular weight excluding hydrogens is 242 g/mol. The molecule has 0 aliphatic carbocycles. The first-order valence-electron chi connectivity index (χ1n) is 6.10. The molecule has 1 aromatic heterocycles. The molecule has 2 rings (SSSR count). The Bertz CT molecular complexity index is 550. The lowest BCUT2D eigenvalue weighted by Gasteiger charge is -2.09. The number of carbonyl (C=O) groups is 1. The molecule has 2 aromatic rings. The summed E-state index contributed by atoms with van der Waals surface area (Å²) in [5.41, 5.74) is 2.99. The van der Waals surface area contributed by atoms with Gasteiger partial charge in [0.05, 0.1) is 12.2 Å². The zero-order chi connectivity index (χ0) is 13.7. The predicted molar refractivity (Wildman–Crippen MR) is 71.8 cm³/mol. The van der Waals surface area contributed by atoms with Crippen LogP contribution in [0.5, 0.6) is 5.75 Å². The van der Waals surface area contributed by atoms with Crippen LogP contribution < -0.4 is 10.1 Å². The van der Waals surface area contributed by atoms with E-state index in [4.69, 9.17) is 4.74 Å². The van der Waals surface area contributed by atoms with Crippen molar-refractivity contribution in [3.8, 4) is 5.75 Å². The Hall–Kier alpha value is -2.30. The number of hydrogen-bond acceptors (Lipinski definition) is 3. The van der Waals surface area contributed by atoms with Crippen molar-refractivity contribution in [2.45, 2.75) is 20.4 Å². The highest BCUT2D eigenvalue weighted by Gasteiger charge is 2.05. The highest BCUT2D eigenvalue weighted by atomic mass is 16.5. The van der Waals surface area contributed by atoms with E-state index in [9.17, 15) is 4.79 Å². The third-order valence-corrected chi connectivity index (χ3v) is 2.74. The van der Waals surface area contributed by atoms with Crippen molar-refractivity contribution in [1.29, 1.82) is 0 Å². The Morgan fingerprint density at radius 1 is 1.37 bits per heavy atom. The van der Waals surface area contributed by atoms with Gasteiger partial charge in [-0.3, -0.25) is 9.89 Å². The van der Waals surface area contributed by atoms with Crippen LogP contribution in [0.2, 0.25) is 0 Å². The minimum absolute atomic E-state index is 0.0123. The fraction of sp³-hybridized carbons (Fsp3) is 0.286. The number of ether oxygens (including phenoxy) is 1. The van der Waals surface area contributed by atoms with Crippen LogP contribution in [0.15, 0.2) is 30.5 Å². The number of aromatic amines is 1. The Morgan fingerprint density at radius 3 is 2.95 bits per heavy atom. The summed E-state index contributed by atoms with van der Waals surface area (Å²) in [6, 6.07) is 7.73. The summed E-state index contributed by atoms with van der Waals surface area (Å²) in [4.78, 5) is 11.6. The number of carbonyl (C=O) groups excluding carboxylic acids is 1. The molecule has 5 nitrogen and oxygen atoms in total. The van der Waals surface area contributed by atoms with E-state index in [1.807, 2.05) is 38.1 Å². The van der Waals surface area contributed by atoms with Crippen molar-refractivity contribution in [3.63, 3.8) is 0 Å². The van der Waals surface area contributed by atoms with Gasteiger partial charge in [0.25, 0.3) is 5.91 Å². The Labute approximate surface area is 112 Å². The molecule has 1 heterocycles. The third-order valence-electron chi connectivity index (χ3n) is 2.74. The zero-order valence-electron chi connectivity index (χ0n) is 11.1. The average molecular weight is 259 g/mol. The molecule has 2 N–H and O–H groups in total. The minimum atomic E-state index is -0.157. The van der Waals surface area contributed by atoms with E-state index in [0.717, 1.165) is 22.6 Å². The molecule has 0 aliphatic rings. The lowest BCUT2D eigenvalue weighted by Crippen LogP contribution is -2.28. The number of nitrogens with one attached hydrogen (secondary N) is 2. The quantitative estimate of drug-likeness (QED) is 0.859. The zero-order valence-corrected chi connectivity index (χ0v) is 11.1. The van der Waals surface area contributed by atoms with Gasteiger partial charge in [-0.1, -0.05) is 12.1 Å². The molecule has 100 valence electrons. The average Bonchev–Trinajstić information content (AvgIpc) is 2.90. The largest absolute Gasteiger partial charge is 0.483 e. The van der Waals surface area contributed by atoms with E-state index in [1.54, 1.807) is 6.20 Å². The molecule has 1 amide bonds. The number of H-pyrrole nitrogens is 1. The molecule has 0 saturated carbocycles. The van der Waals surface area contributed by atoms with E-state index < -0.39 is 0 Å². The Balaban J connectivity index is 1.81. The Kier molecular flexibility index (Phi) is 4.18. The van der Waals surface area contributed by atoms with Gasteiger partial charge in [-0.2, -0.15) is 5.10 Å². The topological polar surface area (TPSA) is 67.0 Å². The van der Waals surface area contributed by atoms with Gasteiger partial charge in [-0.05, 0) is 37.1 Å². The first-order valence-corrected chi connectivity index (χ1v) is 6.10. The summed E-state index contributed by atoms with van der Waals surface area (Å²) in [5, 5.41) is 9.34.